The maximum Gasteiger partial charge on any atom is 0.228 e. The number of rotatable bonds is 5. The van der Waals surface area contributed by atoms with Gasteiger partial charge in [0.15, 0.2) is 9.84 Å². The second-order valence-electron chi connectivity index (χ2n) is 6.49. The minimum Gasteiger partial charge on any atom is -0.326 e. The second-order valence-corrected chi connectivity index (χ2v) is 9.66. The van der Waals surface area contributed by atoms with Gasteiger partial charge in [-0.05, 0) is 36.4 Å². The lowest BCUT2D eigenvalue weighted by Crippen LogP contribution is -2.20. The summed E-state index contributed by atoms with van der Waals surface area (Å²) in [5, 5.41) is 5.22. The van der Waals surface area contributed by atoms with Crippen LogP contribution in [-0.4, -0.2) is 31.7 Å². The Balaban J connectivity index is 1.68. The van der Waals surface area contributed by atoms with Gasteiger partial charge in [0.1, 0.15) is 5.82 Å². The highest BCUT2D eigenvalue weighted by Gasteiger charge is 2.23. The maximum atomic E-state index is 13.2. The molecular formula is C19H19FN2O4S2. The average Bonchev–Trinajstić information content (AvgIpc) is 2.78. The lowest BCUT2D eigenvalue weighted by molar-refractivity contribution is -0.118. The minimum atomic E-state index is -3.73. The highest BCUT2D eigenvalue weighted by Crippen LogP contribution is 2.34. The number of halogens is 1. The number of fused-ring (bicyclic) bond motifs is 1. The number of anilines is 2. The van der Waals surface area contributed by atoms with Crippen LogP contribution >= 0.6 is 11.8 Å². The lowest BCUT2D eigenvalue weighted by atomic mass is 10.2. The molecule has 0 spiro atoms. The molecule has 2 N–H and O–H groups in total. The van der Waals surface area contributed by atoms with E-state index in [1.165, 1.54) is 42.1 Å². The van der Waals surface area contributed by atoms with Crippen LogP contribution in [0.4, 0.5) is 15.8 Å². The third-order valence-corrected chi connectivity index (χ3v) is 7.26. The first-order valence-electron chi connectivity index (χ1n) is 8.60. The number of amides is 2. The van der Waals surface area contributed by atoms with Crippen LogP contribution in [-0.2, 0) is 19.4 Å². The molecule has 1 aliphatic rings. The first kappa shape index (κ1) is 20.3. The number of thioether (sulfide) groups is 1. The summed E-state index contributed by atoms with van der Waals surface area (Å²) in [6.07, 6.45) is -0.270. The number of benzene rings is 2. The molecular weight excluding hydrogens is 403 g/mol. The molecule has 1 unspecified atom stereocenters. The Labute approximate surface area is 166 Å². The van der Waals surface area contributed by atoms with Crippen molar-refractivity contribution in [2.24, 2.45) is 5.92 Å². The average molecular weight is 423 g/mol. The maximum absolute atomic E-state index is 13.2. The molecule has 1 aliphatic heterocycles. The summed E-state index contributed by atoms with van der Waals surface area (Å²) in [6, 6.07) is 9.94. The summed E-state index contributed by atoms with van der Waals surface area (Å²) in [6.45, 7) is 1.81. The topological polar surface area (TPSA) is 92.3 Å². The van der Waals surface area contributed by atoms with Crippen molar-refractivity contribution < 1.29 is 22.4 Å². The molecule has 0 saturated carbocycles. The number of hydrogen-bond donors (Lipinski definition) is 2. The largest absolute Gasteiger partial charge is 0.326 e. The Morgan fingerprint density at radius 3 is 2.82 bits per heavy atom. The third-order valence-electron chi connectivity index (χ3n) is 4.21. The predicted octanol–water partition coefficient (Wildman–Crippen LogP) is 3.31. The van der Waals surface area contributed by atoms with Gasteiger partial charge >= 0.3 is 0 Å². The SMILES string of the molecule is CC1CSc2ccc(S(=O)(=O)CCC(=O)Nc3cccc(F)c3)cc2NC1=O. The van der Waals surface area contributed by atoms with E-state index in [0.717, 1.165) is 11.0 Å². The molecule has 3 rings (SSSR count). The summed E-state index contributed by atoms with van der Waals surface area (Å²) in [4.78, 5) is 24.8. The Hall–Kier alpha value is -2.39. The van der Waals surface area contributed by atoms with Gasteiger partial charge in [-0.2, -0.15) is 0 Å². The van der Waals surface area contributed by atoms with E-state index in [1.54, 1.807) is 6.07 Å². The molecule has 1 heterocycles. The summed E-state index contributed by atoms with van der Waals surface area (Å²) in [5.41, 5.74) is 0.728. The van der Waals surface area contributed by atoms with Crippen molar-refractivity contribution in [1.82, 2.24) is 0 Å². The number of carbonyl (C=O) groups excluding carboxylic acids is 2. The fraction of sp³-hybridized carbons (Fsp3) is 0.263. The molecule has 1 atom stereocenters. The van der Waals surface area contributed by atoms with Crippen molar-refractivity contribution in [3.8, 4) is 0 Å². The normalized spacial score (nSPS) is 16.6. The van der Waals surface area contributed by atoms with Crippen LogP contribution in [0.3, 0.4) is 0 Å². The Morgan fingerprint density at radius 2 is 2.07 bits per heavy atom. The summed E-state index contributed by atoms with van der Waals surface area (Å²) >= 11 is 1.49. The molecule has 6 nitrogen and oxygen atoms in total. The van der Waals surface area contributed by atoms with Crippen LogP contribution in [0.5, 0.6) is 0 Å². The molecule has 2 amide bonds. The van der Waals surface area contributed by atoms with Crippen molar-refractivity contribution in [1.29, 1.82) is 0 Å². The van der Waals surface area contributed by atoms with E-state index in [4.69, 9.17) is 0 Å². The van der Waals surface area contributed by atoms with E-state index in [2.05, 4.69) is 10.6 Å². The van der Waals surface area contributed by atoms with Gasteiger partial charge in [-0.1, -0.05) is 13.0 Å². The standard InChI is InChI=1S/C19H19FN2O4S2/c1-12-11-27-17-6-5-15(10-16(17)22-19(12)24)28(25,26)8-7-18(23)21-14-4-2-3-13(20)9-14/h2-6,9-10,12H,7-8,11H2,1H3,(H,21,23)(H,22,24). The fourth-order valence-electron chi connectivity index (χ4n) is 2.61. The van der Waals surface area contributed by atoms with E-state index in [0.29, 0.717) is 11.4 Å². The molecule has 0 bridgehead atoms. The molecule has 0 aromatic heterocycles. The molecule has 9 heteroatoms. The smallest absolute Gasteiger partial charge is 0.228 e. The zero-order valence-corrected chi connectivity index (χ0v) is 16.7. The molecule has 0 radical (unpaired) electrons. The van der Waals surface area contributed by atoms with Gasteiger partial charge in [-0.3, -0.25) is 9.59 Å². The Bertz CT molecular complexity index is 1020. The monoisotopic (exact) mass is 422 g/mol. The molecule has 0 fully saturated rings. The van der Waals surface area contributed by atoms with E-state index in [-0.39, 0.29) is 28.8 Å². The fourth-order valence-corrected chi connectivity index (χ4v) is 4.88. The van der Waals surface area contributed by atoms with E-state index in [1.807, 2.05) is 6.92 Å². The number of carbonyl (C=O) groups is 2. The number of hydrogen-bond acceptors (Lipinski definition) is 5. The van der Waals surface area contributed by atoms with Gasteiger partial charge in [0, 0.05) is 28.7 Å². The zero-order chi connectivity index (χ0) is 20.3. The number of sulfone groups is 1. The van der Waals surface area contributed by atoms with Crippen LogP contribution in [0.1, 0.15) is 13.3 Å². The van der Waals surface area contributed by atoms with Crippen LogP contribution in [0.25, 0.3) is 0 Å². The molecule has 2 aromatic carbocycles. The minimum absolute atomic E-state index is 0.0419. The highest BCUT2D eigenvalue weighted by atomic mass is 32.2. The van der Waals surface area contributed by atoms with Gasteiger partial charge in [0.25, 0.3) is 0 Å². The van der Waals surface area contributed by atoms with Crippen molar-refractivity contribution in [2.45, 2.75) is 23.1 Å². The van der Waals surface area contributed by atoms with Gasteiger partial charge in [-0.25, -0.2) is 12.8 Å². The van der Waals surface area contributed by atoms with Crippen LogP contribution in [0.2, 0.25) is 0 Å². The second kappa shape index (κ2) is 8.32. The van der Waals surface area contributed by atoms with Crippen LogP contribution in [0, 0.1) is 11.7 Å². The van der Waals surface area contributed by atoms with Crippen LogP contribution in [0.15, 0.2) is 52.3 Å². The van der Waals surface area contributed by atoms with Gasteiger partial charge < -0.3 is 10.6 Å². The van der Waals surface area contributed by atoms with Crippen molar-refractivity contribution in [2.75, 3.05) is 22.1 Å². The number of nitrogens with one attached hydrogen (secondary N) is 2. The van der Waals surface area contributed by atoms with E-state index < -0.39 is 27.3 Å². The molecule has 148 valence electrons. The molecule has 2 aromatic rings. The van der Waals surface area contributed by atoms with Crippen molar-refractivity contribution >= 4 is 44.8 Å². The van der Waals surface area contributed by atoms with Crippen molar-refractivity contribution in [3.63, 3.8) is 0 Å². The Morgan fingerprint density at radius 1 is 1.29 bits per heavy atom. The van der Waals surface area contributed by atoms with Gasteiger partial charge in [-0.15, -0.1) is 11.8 Å². The lowest BCUT2D eigenvalue weighted by Gasteiger charge is -2.10. The quantitative estimate of drug-likeness (QED) is 0.771. The predicted molar refractivity (Wildman–Crippen MR) is 107 cm³/mol. The Kier molecular flexibility index (Phi) is 6.04. The van der Waals surface area contributed by atoms with Crippen molar-refractivity contribution in [3.05, 3.63) is 48.3 Å². The van der Waals surface area contributed by atoms with Gasteiger partial charge in [0.05, 0.1) is 16.3 Å². The third kappa shape index (κ3) is 4.90. The summed E-state index contributed by atoms with van der Waals surface area (Å²) < 4.78 is 38.4. The van der Waals surface area contributed by atoms with E-state index in [9.17, 15) is 22.4 Å². The first-order valence-corrected chi connectivity index (χ1v) is 11.2. The summed E-state index contributed by atoms with van der Waals surface area (Å²) in [5.74, 6) is -1.14. The zero-order valence-electron chi connectivity index (χ0n) is 15.1. The summed E-state index contributed by atoms with van der Waals surface area (Å²) in [7, 11) is -3.73. The molecule has 0 aliphatic carbocycles. The molecule has 0 saturated heterocycles. The van der Waals surface area contributed by atoms with Crippen LogP contribution < -0.4 is 10.6 Å². The van der Waals surface area contributed by atoms with E-state index >= 15 is 0 Å². The molecule has 28 heavy (non-hydrogen) atoms. The van der Waals surface area contributed by atoms with Gasteiger partial charge in [0.2, 0.25) is 11.8 Å². The first-order chi connectivity index (χ1) is 13.2. The highest BCUT2D eigenvalue weighted by molar-refractivity contribution is 7.99.